The molecule has 1 saturated heterocycles. The Hall–Kier alpha value is -1.79. The van der Waals surface area contributed by atoms with Crippen molar-refractivity contribution in [2.45, 2.75) is 173 Å². The van der Waals surface area contributed by atoms with Crippen LogP contribution in [0.25, 0.3) is 0 Å². The lowest BCUT2D eigenvalue weighted by Crippen LogP contribution is -2.69. The number of nitrogens with two attached hydrogens (primary N) is 1. The Morgan fingerprint density at radius 1 is 0.711 bits per heavy atom. The van der Waals surface area contributed by atoms with Crippen LogP contribution in [-0.2, 0) is 19.1 Å². The molecule has 0 aromatic heterocycles. The number of aliphatic hydroxyl groups excluding tert-OH is 3. The van der Waals surface area contributed by atoms with Gasteiger partial charge in [0.05, 0.1) is 19.7 Å². The van der Waals surface area contributed by atoms with E-state index in [-0.39, 0.29) is 19.0 Å². The maximum absolute atomic E-state index is 13.7. The summed E-state index contributed by atoms with van der Waals surface area (Å²) < 4.78 is 6.02. The number of unbranched alkanes of at least 4 members (excludes halogenated alkanes) is 17. The Morgan fingerprint density at radius 2 is 1.20 bits per heavy atom. The smallest absolute Gasteiger partial charge is 0.239 e. The zero-order valence-corrected chi connectivity index (χ0v) is 28.4. The molecule has 0 spiro atoms. The van der Waals surface area contributed by atoms with Gasteiger partial charge in [0.2, 0.25) is 17.7 Å². The van der Waals surface area contributed by atoms with Crippen LogP contribution in [0, 0.1) is 0 Å². The molecule has 3 amide bonds. The summed E-state index contributed by atoms with van der Waals surface area (Å²) in [4.78, 5) is 39.5. The average Bonchev–Trinajstić information content (AvgIpc) is 3.04. The quantitative estimate of drug-likeness (QED) is 0.0736. The summed E-state index contributed by atoms with van der Waals surface area (Å²) in [6, 6.07) is -1.15. The van der Waals surface area contributed by atoms with Crippen LogP contribution >= 0.6 is 0 Å². The molecule has 0 saturated carbocycles. The van der Waals surface area contributed by atoms with Gasteiger partial charge in [0, 0.05) is 13.0 Å². The highest BCUT2D eigenvalue weighted by molar-refractivity contribution is 5.85. The standard InChI is InChI=1S/C34H66N4O7/c1-3-5-7-9-11-13-15-17-19-21-23-38(30(42)22-20-18-16-14-12-10-8-6-4-2)34-31(33(44)32(43)27(26-39)45-34)37-29(41)25-36-28(40)24-35/h27,31-34,39,43-44H,3-26,35H2,1-2H3,(H,36,40)(H,37,41)/t27-,31-,32-,33-,34-/m1/s1. The van der Waals surface area contributed by atoms with Crippen LogP contribution in [0.1, 0.15) is 142 Å². The first-order chi connectivity index (χ1) is 21.8. The van der Waals surface area contributed by atoms with E-state index in [0.29, 0.717) is 13.0 Å². The van der Waals surface area contributed by atoms with Crippen LogP contribution in [0.4, 0.5) is 0 Å². The monoisotopic (exact) mass is 642 g/mol. The number of carbonyl (C=O) groups excluding carboxylic acids is 3. The molecule has 0 aromatic rings. The number of aliphatic hydroxyl groups is 3. The zero-order chi connectivity index (χ0) is 33.3. The molecule has 1 aliphatic rings. The molecule has 0 bridgehead atoms. The van der Waals surface area contributed by atoms with Crippen LogP contribution in [-0.4, -0.2) is 94.8 Å². The number of ether oxygens (including phenoxy) is 1. The predicted molar refractivity (Wildman–Crippen MR) is 177 cm³/mol. The van der Waals surface area contributed by atoms with Crippen molar-refractivity contribution >= 4 is 17.7 Å². The average molecular weight is 643 g/mol. The third-order valence-electron chi connectivity index (χ3n) is 8.73. The fourth-order valence-electron chi connectivity index (χ4n) is 5.90. The molecule has 0 aliphatic carbocycles. The lowest BCUT2D eigenvalue weighted by Gasteiger charge is -2.47. The summed E-state index contributed by atoms with van der Waals surface area (Å²) in [5.74, 6) is -1.27. The lowest BCUT2D eigenvalue weighted by atomic mass is 9.94. The highest BCUT2D eigenvalue weighted by Gasteiger charge is 2.48. The second-order valence-electron chi connectivity index (χ2n) is 12.7. The van der Waals surface area contributed by atoms with Crippen molar-refractivity contribution in [1.82, 2.24) is 15.5 Å². The third-order valence-corrected chi connectivity index (χ3v) is 8.73. The summed E-state index contributed by atoms with van der Waals surface area (Å²) in [5, 5.41) is 36.5. The Kier molecular flexibility index (Phi) is 24.1. The van der Waals surface area contributed by atoms with Crippen molar-refractivity contribution in [1.29, 1.82) is 0 Å². The molecule has 1 heterocycles. The van der Waals surface area contributed by atoms with E-state index in [1.165, 1.54) is 70.6 Å². The van der Waals surface area contributed by atoms with Gasteiger partial charge in [-0.25, -0.2) is 0 Å². The Balaban J connectivity index is 2.86. The van der Waals surface area contributed by atoms with Gasteiger partial charge >= 0.3 is 0 Å². The normalized spacial score (nSPS) is 21.4. The van der Waals surface area contributed by atoms with Gasteiger partial charge < -0.3 is 41.3 Å². The topological polar surface area (TPSA) is 174 Å². The van der Waals surface area contributed by atoms with Crippen LogP contribution < -0.4 is 16.4 Å². The van der Waals surface area contributed by atoms with Crippen molar-refractivity contribution in [3.63, 3.8) is 0 Å². The molecule has 1 aliphatic heterocycles. The van der Waals surface area contributed by atoms with Gasteiger partial charge in [0.1, 0.15) is 24.4 Å². The number of carbonyl (C=O) groups is 3. The fourth-order valence-corrected chi connectivity index (χ4v) is 5.90. The molecule has 0 radical (unpaired) electrons. The zero-order valence-electron chi connectivity index (χ0n) is 28.4. The minimum atomic E-state index is -1.49. The van der Waals surface area contributed by atoms with E-state index in [1.54, 1.807) is 4.90 Å². The summed E-state index contributed by atoms with van der Waals surface area (Å²) in [5.41, 5.74) is 5.30. The summed E-state index contributed by atoms with van der Waals surface area (Å²) >= 11 is 0. The number of amides is 3. The Labute approximate surface area is 272 Å². The number of hydrogen-bond donors (Lipinski definition) is 6. The van der Waals surface area contributed by atoms with Crippen molar-refractivity contribution in [3.8, 4) is 0 Å². The maximum Gasteiger partial charge on any atom is 0.239 e. The number of hydrogen-bond acceptors (Lipinski definition) is 8. The van der Waals surface area contributed by atoms with E-state index in [4.69, 9.17) is 10.5 Å². The van der Waals surface area contributed by atoms with Crippen molar-refractivity contribution in [3.05, 3.63) is 0 Å². The van der Waals surface area contributed by atoms with E-state index in [9.17, 15) is 29.7 Å². The molecule has 0 aromatic carbocycles. The van der Waals surface area contributed by atoms with E-state index < -0.39 is 49.0 Å². The van der Waals surface area contributed by atoms with Gasteiger partial charge in [0.15, 0.2) is 6.23 Å². The Morgan fingerprint density at radius 3 is 1.69 bits per heavy atom. The van der Waals surface area contributed by atoms with E-state index in [0.717, 1.165) is 51.4 Å². The number of nitrogens with zero attached hydrogens (tertiary/aromatic N) is 1. The van der Waals surface area contributed by atoms with Crippen molar-refractivity contribution in [2.24, 2.45) is 5.73 Å². The summed E-state index contributed by atoms with van der Waals surface area (Å²) in [7, 11) is 0. The van der Waals surface area contributed by atoms with Gasteiger partial charge in [-0.15, -0.1) is 0 Å². The van der Waals surface area contributed by atoms with Gasteiger partial charge in [0.25, 0.3) is 0 Å². The highest BCUT2D eigenvalue weighted by Crippen LogP contribution is 2.26. The molecule has 1 fully saturated rings. The molecule has 11 nitrogen and oxygen atoms in total. The molecule has 7 N–H and O–H groups in total. The minimum Gasteiger partial charge on any atom is -0.394 e. The first kappa shape index (κ1) is 41.2. The summed E-state index contributed by atoms with van der Waals surface area (Å²) in [6.45, 7) is 3.59. The first-order valence-electron chi connectivity index (χ1n) is 18.0. The van der Waals surface area contributed by atoms with Crippen LogP contribution in [0.2, 0.25) is 0 Å². The van der Waals surface area contributed by atoms with E-state index >= 15 is 0 Å². The van der Waals surface area contributed by atoms with Gasteiger partial charge in [-0.05, 0) is 12.8 Å². The molecule has 45 heavy (non-hydrogen) atoms. The second kappa shape index (κ2) is 26.3. The third kappa shape index (κ3) is 17.6. The van der Waals surface area contributed by atoms with Gasteiger partial charge in [-0.3, -0.25) is 14.4 Å². The fraction of sp³-hybridized carbons (Fsp3) is 0.912. The molecule has 11 heteroatoms. The van der Waals surface area contributed by atoms with Gasteiger partial charge in [-0.1, -0.05) is 123 Å². The van der Waals surface area contributed by atoms with Crippen LogP contribution in [0.5, 0.6) is 0 Å². The van der Waals surface area contributed by atoms with E-state index in [2.05, 4.69) is 24.5 Å². The molecular weight excluding hydrogens is 576 g/mol. The van der Waals surface area contributed by atoms with Crippen molar-refractivity contribution in [2.75, 3.05) is 26.2 Å². The van der Waals surface area contributed by atoms with Crippen LogP contribution in [0.15, 0.2) is 0 Å². The Bertz CT molecular complexity index is 788. The van der Waals surface area contributed by atoms with Crippen molar-refractivity contribution < 1.29 is 34.4 Å². The maximum atomic E-state index is 13.7. The first-order valence-corrected chi connectivity index (χ1v) is 18.0. The number of nitrogens with one attached hydrogen (secondary N) is 2. The molecule has 0 unspecified atom stereocenters. The lowest BCUT2D eigenvalue weighted by molar-refractivity contribution is -0.231. The largest absolute Gasteiger partial charge is 0.394 e. The summed E-state index contributed by atoms with van der Waals surface area (Å²) in [6.07, 6.45) is 16.7. The highest BCUT2D eigenvalue weighted by atomic mass is 16.5. The van der Waals surface area contributed by atoms with Crippen LogP contribution in [0.3, 0.4) is 0 Å². The second-order valence-corrected chi connectivity index (χ2v) is 12.7. The molecular formula is C34H66N4O7. The van der Waals surface area contributed by atoms with Gasteiger partial charge in [-0.2, -0.15) is 0 Å². The molecule has 1 rings (SSSR count). The minimum absolute atomic E-state index is 0.144. The van der Waals surface area contributed by atoms with E-state index in [1.807, 2.05) is 0 Å². The number of rotatable bonds is 27. The predicted octanol–water partition coefficient (Wildman–Crippen LogP) is 3.66. The molecule has 264 valence electrons. The SMILES string of the molecule is CCCCCCCCCCCCN(C(=O)CCCCCCCCCCC)[C@@H]1O[C@H](CO)[C@@H](O)[C@H](O)[C@H]1NC(=O)CNC(=O)CN. The molecule has 5 atom stereocenters.